The summed E-state index contributed by atoms with van der Waals surface area (Å²) in [7, 11) is 1.67. The highest BCUT2D eigenvalue weighted by atomic mass is 32.1. The van der Waals surface area contributed by atoms with Gasteiger partial charge in [-0.15, -0.1) is 16.9 Å². The van der Waals surface area contributed by atoms with Gasteiger partial charge in [-0.05, 0) is 70.6 Å². The number of ether oxygens (including phenoxy) is 2. The number of rotatable bonds is 9. The zero-order valence-electron chi connectivity index (χ0n) is 24.4. The number of hydrogen-bond acceptors (Lipinski definition) is 9. The average Bonchev–Trinajstić information content (AvgIpc) is 3.56. The fraction of sp³-hybridized carbons (Fsp3) is 0.355. The van der Waals surface area contributed by atoms with E-state index >= 15 is 0 Å². The van der Waals surface area contributed by atoms with Gasteiger partial charge >= 0.3 is 12.6 Å². The molecule has 0 bridgehead atoms. The van der Waals surface area contributed by atoms with E-state index in [0.717, 1.165) is 33.2 Å². The third-order valence-electron chi connectivity index (χ3n) is 8.22. The van der Waals surface area contributed by atoms with Gasteiger partial charge in [0, 0.05) is 43.4 Å². The van der Waals surface area contributed by atoms with E-state index in [1.807, 2.05) is 30.5 Å². The van der Waals surface area contributed by atoms with Gasteiger partial charge in [0.2, 0.25) is 5.56 Å². The normalized spacial score (nSPS) is 17.1. The van der Waals surface area contributed by atoms with Crippen LogP contribution >= 0.6 is 11.3 Å². The number of benzene rings is 2. The van der Waals surface area contributed by atoms with Crippen molar-refractivity contribution < 1.29 is 28.2 Å². The molecule has 10 nitrogen and oxygen atoms in total. The molecule has 2 aromatic carbocycles. The first-order valence-electron chi connectivity index (χ1n) is 14.3. The van der Waals surface area contributed by atoms with Crippen LogP contribution in [0.3, 0.4) is 0 Å². The van der Waals surface area contributed by atoms with E-state index < -0.39 is 18.5 Å². The molecule has 4 N–H and O–H groups in total. The lowest BCUT2D eigenvalue weighted by Crippen LogP contribution is -2.32. The standard InChI is InChI=1S/C31H33F2N5O5S/c1-4-20-14-38(15-23-24(42-20)5-6-26(39)34-23)13-19-10-18(9-17-7-8-44-30(17)19)22(12-27(40)41)21-11-25(43-31(32)33)29-28(16(21)2)35-36-37(29)3/h5-11,20,22,31,35-36H,4,12-15H2,1-3H3,(H,34,39)(H,40,41)/t20-,22+/m1/s1. The Morgan fingerprint density at radius 2 is 2.07 bits per heavy atom. The van der Waals surface area contributed by atoms with E-state index in [9.17, 15) is 23.5 Å². The van der Waals surface area contributed by atoms with E-state index in [1.165, 1.54) is 12.1 Å². The summed E-state index contributed by atoms with van der Waals surface area (Å²) in [5.74, 6) is -1.05. The fourth-order valence-electron chi connectivity index (χ4n) is 6.17. The van der Waals surface area contributed by atoms with Crippen LogP contribution in [0.5, 0.6) is 11.5 Å². The molecule has 232 valence electrons. The van der Waals surface area contributed by atoms with E-state index in [1.54, 1.807) is 29.5 Å². The number of H-pyrrole nitrogens is 1. The SMILES string of the molecule is CC[C@@H]1CN(Cc2cc([C@H](CC(=O)O)c3cc(OC(F)F)c4c(c3C)NNN4C)cc3ccsc23)Cc2[nH]c(=O)ccc2O1. The largest absolute Gasteiger partial charge is 0.487 e. The molecule has 4 aromatic rings. The number of carbonyl (C=O) groups is 1. The average molecular weight is 626 g/mol. The number of carboxylic acid groups (broad SMARTS) is 1. The van der Waals surface area contributed by atoms with E-state index in [4.69, 9.17) is 9.47 Å². The highest BCUT2D eigenvalue weighted by molar-refractivity contribution is 7.17. The van der Waals surface area contributed by atoms with Gasteiger partial charge in [-0.3, -0.25) is 19.5 Å². The number of aliphatic carboxylic acids is 1. The number of nitrogens with one attached hydrogen (secondary N) is 3. The molecule has 44 heavy (non-hydrogen) atoms. The molecule has 2 aliphatic heterocycles. The first-order valence-corrected chi connectivity index (χ1v) is 15.2. The number of aromatic amines is 1. The lowest BCUT2D eigenvalue weighted by molar-refractivity contribution is -0.137. The predicted octanol–water partition coefficient (Wildman–Crippen LogP) is 5.56. The second kappa shape index (κ2) is 12.1. The smallest absolute Gasteiger partial charge is 0.387 e. The second-order valence-corrected chi connectivity index (χ2v) is 12.1. The zero-order valence-corrected chi connectivity index (χ0v) is 25.3. The highest BCUT2D eigenvalue weighted by Crippen LogP contribution is 2.47. The van der Waals surface area contributed by atoms with Crippen molar-refractivity contribution in [2.45, 2.75) is 58.4 Å². The molecule has 0 fully saturated rings. The maximum Gasteiger partial charge on any atom is 0.387 e. The Bertz CT molecular complexity index is 1780. The molecule has 0 aliphatic carbocycles. The Hall–Kier alpha value is -4.20. The maximum absolute atomic E-state index is 13.5. The molecule has 2 atom stereocenters. The number of nitrogens with zero attached hydrogens (tertiary/aromatic N) is 2. The summed E-state index contributed by atoms with van der Waals surface area (Å²) in [6, 6.07) is 10.7. The van der Waals surface area contributed by atoms with Gasteiger partial charge in [0.15, 0.2) is 5.75 Å². The number of halogens is 2. The molecule has 0 saturated heterocycles. The van der Waals surface area contributed by atoms with Crippen LogP contribution in [-0.4, -0.2) is 47.3 Å². The van der Waals surface area contributed by atoms with Crippen LogP contribution in [0, 0.1) is 6.92 Å². The fourth-order valence-corrected chi connectivity index (χ4v) is 7.06. The van der Waals surface area contributed by atoms with Gasteiger partial charge in [0.1, 0.15) is 17.5 Å². The van der Waals surface area contributed by atoms with E-state index in [2.05, 4.69) is 27.8 Å². The summed E-state index contributed by atoms with van der Waals surface area (Å²) in [5.41, 5.74) is 10.4. The number of alkyl halides is 2. The number of pyridine rings is 1. The summed E-state index contributed by atoms with van der Waals surface area (Å²) in [6.07, 6.45) is 0.449. The quantitative estimate of drug-likeness (QED) is 0.190. The number of fused-ring (bicyclic) bond motifs is 3. The number of carboxylic acids is 1. The summed E-state index contributed by atoms with van der Waals surface area (Å²) < 4.78 is 39.2. The van der Waals surface area contributed by atoms with Gasteiger partial charge in [0.05, 0.1) is 17.8 Å². The molecule has 2 aliphatic rings. The van der Waals surface area contributed by atoms with Crippen LogP contribution in [0.4, 0.5) is 20.2 Å². The first-order chi connectivity index (χ1) is 21.1. The van der Waals surface area contributed by atoms with E-state index in [0.29, 0.717) is 48.0 Å². The number of thiophene rings is 1. The minimum absolute atomic E-state index is 0.0503. The molecule has 0 spiro atoms. The van der Waals surface area contributed by atoms with Gasteiger partial charge in [-0.2, -0.15) is 8.78 Å². The lowest BCUT2D eigenvalue weighted by atomic mass is 9.84. The lowest BCUT2D eigenvalue weighted by Gasteiger charge is -2.25. The summed E-state index contributed by atoms with van der Waals surface area (Å²) in [6.45, 7) is 2.48. The number of hydrogen-bond donors (Lipinski definition) is 4. The number of hydrazine groups is 2. The minimum atomic E-state index is -3.06. The predicted molar refractivity (Wildman–Crippen MR) is 165 cm³/mol. The third-order valence-corrected chi connectivity index (χ3v) is 9.22. The van der Waals surface area contributed by atoms with Crippen molar-refractivity contribution in [3.8, 4) is 11.5 Å². The minimum Gasteiger partial charge on any atom is -0.487 e. The molecule has 0 unspecified atom stereocenters. The van der Waals surface area contributed by atoms with Crippen LogP contribution in [0.15, 0.2) is 46.6 Å². The van der Waals surface area contributed by atoms with Gasteiger partial charge < -0.3 is 25.0 Å². The Kier molecular flexibility index (Phi) is 8.18. The molecule has 4 heterocycles. The molecule has 0 radical (unpaired) electrons. The third kappa shape index (κ3) is 5.82. The van der Waals surface area contributed by atoms with Crippen LogP contribution in [0.2, 0.25) is 0 Å². The van der Waals surface area contributed by atoms with Gasteiger partial charge in [-0.25, -0.2) is 0 Å². The van der Waals surface area contributed by atoms with Gasteiger partial charge in [0.25, 0.3) is 0 Å². The number of anilines is 2. The van der Waals surface area contributed by atoms with Crippen molar-refractivity contribution in [1.29, 1.82) is 0 Å². The van der Waals surface area contributed by atoms with Crippen molar-refractivity contribution in [2.75, 3.05) is 24.0 Å². The van der Waals surface area contributed by atoms with Crippen molar-refractivity contribution in [3.05, 3.63) is 80.1 Å². The Morgan fingerprint density at radius 3 is 2.82 bits per heavy atom. The van der Waals surface area contributed by atoms with Crippen LogP contribution in [-0.2, 0) is 17.9 Å². The summed E-state index contributed by atoms with van der Waals surface area (Å²) in [5, 5.41) is 14.5. The topological polar surface area (TPSA) is 119 Å². The maximum atomic E-state index is 13.5. The molecular formula is C31H33F2N5O5S. The Balaban J connectivity index is 1.44. The summed E-state index contributed by atoms with van der Waals surface area (Å²) >= 11 is 1.60. The molecule has 0 amide bonds. The van der Waals surface area contributed by atoms with Crippen molar-refractivity contribution >= 4 is 38.8 Å². The Morgan fingerprint density at radius 1 is 1.25 bits per heavy atom. The van der Waals surface area contributed by atoms with Crippen molar-refractivity contribution in [3.63, 3.8) is 0 Å². The van der Waals surface area contributed by atoms with Crippen LogP contribution < -0.4 is 31.0 Å². The molecular weight excluding hydrogens is 592 g/mol. The monoisotopic (exact) mass is 625 g/mol. The second-order valence-electron chi connectivity index (χ2n) is 11.1. The summed E-state index contributed by atoms with van der Waals surface area (Å²) in [4.78, 5) is 29.5. The van der Waals surface area contributed by atoms with Gasteiger partial charge in [-0.1, -0.05) is 13.0 Å². The highest BCUT2D eigenvalue weighted by Gasteiger charge is 2.31. The van der Waals surface area contributed by atoms with Crippen LogP contribution in [0.1, 0.15) is 53.6 Å². The molecule has 13 heteroatoms. The molecule has 6 rings (SSSR count). The Labute approximate surface area is 256 Å². The van der Waals surface area contributed by atoms with Crippen LogP contribution in [0.25, 0.3) is 10.1 Å². The van der Waals surface area contributed by atoms with Crippen molar-refractivity contribution in [1.82, 2.24) is 15.4 Å². The zero-order chi connectivity index (χ0) is 31.1. The molecule has 2 aromatic heterocycles. The molecule has 0 saturated carbocycles. The number of aromatic nitrogens is 1. The van der Waals surface area contributed by atoms with Crippen molar-refractivity contribution in [2.24, 2.45) is 0 Å². The van der Waals surface area contributed by atoms with E-state index in [-0.39, 0.29) is 23.8 Å². The first kappa shape index (κ1) is 29.9.